The third-order valence-corrected chi connectivity index (χ3v) is 4.19. The van der Waals surface area contributed by atoms with E-state index in [-0.39, 0.29) is 5.91 Å². The van der Waals surface area contributed by atoms with E-state index in [1.165, 1.54) is 6.92 Å². The Bertz CT molecular complexity index is 1010. The van der Waals surface area contributed by atoms with Crippen molar-refractivity contribution in [3.05, 3.63) is 54.2 Å². The molecule has 2 aromatic carbocycles. The van der Waals surface area contributed by atoms with Crippen molar-refractivity contribution in [1.82, 2.24) is 10.3 Å². The van der Waals surface area contributed by atoms with Crippen molar-refractivity contribution < 1.29 is 9.53 Å². The molecule has 0 radical (unpaired) electrons. The number of para-hydroxylation sites is 1. The number of pyridine rings is 1. The first-order valence-corrected chi connectivity index (χ1v) is 8.58. The number of rotatable bonds is 6. The molecule has 0 aliphatic heterocycles. The Morgan fingerprint density at radius 3 is 2.63 bits per heavy atom. The molecule has 136 valence electrons. The number of carbonyl (C=O) groups is 1. The van der Waals surface area contributed by atoms with Crippen LogP contribution in [0.4, 0.5) is 5.69 Å². The molecule has 0 bridgehead atoms. The summed E-state index contributed by atoms with van der Waals surface area (Å²) >= 11 is 0. The van der Waals surface area contributed by atoms with Crippen molar-refractivity contribution >= 4 is 22.5 Å². The second-order valence-corrected chi connectivity index (χ2v) is 6.01. The van der Waals surface area contributed by atoms with Crippen molar-refractivity contribution in [3.8, 4) is 22.9 Å². The van der Waals surface area contributed by atoms with E-state index < -0.39 is 0 Å². The van der Waals surface area contributed by atoms with Crippen molar-refractivity contribution in [2.75, 3.05) is 25.5 Å². The molecular formula is C21H20N4O2. The fraction of sp³-hybridized carbons (Fsp3) is 0.190. The summed E-state index contributed by atoms with van der Waals surface area (Å²) in [5.74, 6) is 0.644. The summed E-state index contributed by atoms with van der Waals surface area (Å²) in [5, 5.41) is 15.9. The van der Waals surface area contributed by atoms with E-state index >= 15 is 0 Å². The van der Waals surface area contributed by atoms with Gasteiger partial charge in [0.1, 0.15) is 0 Å². The molecule has 1 aromatic heterocycles. The molecule has 6 nitrogen and oxygen atoms in total. The third kappa shape index (κ3) is 3.98. The van der Waals surface area contributed by atoms with Crippen LogP contribution < -0.4 is 15.4 Å². The van der Waals surface area contributed by atoms with E-state index in [0.29, 0.717) is 24.4 Å². The van der Waals surface area contributed by atoms with Crippen molar-refractivity contribution in [2.24, 2.45) is 0 Å². The molecule has 3 rings (SSSR count). The Morgan fingerprint density at radius 2 is 1.96 bits per heavy atom. The standard InChI is InChI=1S/C21H20N4O2/c1-14(26)23-10-11-24-19-13-25-20-17(4-3-5-18(20)21(19)27-2)16-8-6-15(12-22)7-9-16/h3-9,13,24H,10-11H2,1-2H3,(H,23,26). The topological polar surface area (TPSA) is 87.0 Å². The summed E-state index contributed by atoms with van der Waals surface area (Å²) in [7, 11) is 1.63. The van der Waals surface area contributed by atoms with Crippen molar-refractivity contribution in [1.29, 1.82) is 5.26 Å². The van der Waals surface area contributed by atoms with Crippen LogP contribution in [0, 0.1) is 11.3 Å². The predicted octanol–water partition coefficient (Wildman–Crippen LogP) is 3.33. The highest BCUT2D eigenvalue weighted by atomic mass is 16.5. The lowest BCUT2D eigenvalue weighted by atomic mass is 10.0. The van der Waals surface area contributed by atoms with Gasteiger partial charge in [0.2, 0.25) is 5.91 Å². The SMILES string of the molecule is COc1c(NCCNC(C)=O)cnc2c(-c3ccc(C#N)cc3)cccc12. The summed E-state index contributed by atoms with van der Waals surface area (Å²) < 4.78 is 5.63. The maximum absolute atomic E-state index is 11.0. The van der Waals surface area contributed by atoms with Crippen molar-refractivity contribution in [3.63, 3.8) is 0 Å². The Hall–Kier alpha value is -3.59. The zero-order valence-corrected chi connectivity index (χ0v) is 15.2. The number of nitriles is 1. The van der Waals surface area contributed by atoms with Gasteiger partial charge in [-0.3, -0.25) is 9.78 Å². The van der Waals surface area contributed by atoms with Crippen molar-refractivity contribution in [2.45, 2.75) is 6.92 Å². The first-order chi connectivity index (χ1) is 13.1. The molecule has 1 heterocycles. The highest BCUT2D eigenvalue weighted by molar-refractivity contribution is 5.99. The summed E-state index contributed by atoms with van der Waals surface area (Å²) in [6, 6.07) is 15.5. The number of anilines is 1. The lowest BCUT2D eigenvalue weighted by molar-refractivity contribution is -0.118. The van der Waals surface area contributed by atoms with Gasteiger partial charge in [-0.05, 0) is 23.8 Å². The van der Waals surface area contributed by atoms with E-state index in [1.807, 2.05) is 30.3 Å². The number of amides is 1. The van der Waals surface area contributed by atoms with Crippen LogP contribution in [0.5, 0.6) is 5.75 Å². The van der Waals surface area contributed by atoms with Gasteiger partial charge in [-0.15, -0.1) is 0 Å². The molecule has 6 heteroatoms. The average Bonchev–Trinajstić information content (AvgIpc) is 2.70. The lowest BCUT2D eigenvalue weighted by Gasteiger charge is -2.15. The molecule has 0 atom stereocenters. The van der Waals surface area contributed by atoms with Gasteiger partial charge in [-0.25, -0.2) is 0 Å². The number of nitrogens with one attached hydrogen (secondary N) is 2. The molecule has 0 saturated carbocycles. The molecule has 0 spiro atoms. The molecule has 0 fully saturated rings. The summed E-state index contributed by atoms with van der Waals surface area (Å²) in [6.45, 7) is 2.57. The zero-order valence-electron chi connectivity index (χ0n) is 15.2. The summed E-state index contributed by atoms with van der Waals surface area (Å²) in [4.78, 5) is 15.6. The first kappa shape index (κ1) is 18.2. The first-order valence-electron chi connectivity index (χ1n) is 8.58. The minimum absolute atomic E-state index is 0.0625. The van der Waals surface area contributed by atoms with Crippen LogP contribution in [-0.4, -0.2) is 31.1 Å². The predicted molar refractivity (Wildman–Crippen MR) is 106 cm³/mol. The molecule has 0 saturated heterocycles. The third-order valence-electron chi connectivity index (χ3n) is 4.19. The van der Waals surface area contributed by atoms with Gasteiger partial charge >= 0.3 is 0 Å². The van der Waals surface area contributed by atoms with Crippen LogP contribution in [0.25, 0.3) is 22.0 Å². The van der Waals surface area contributed by atoms with E-state index in [1.54, 1.807) is 25.4 Å². The Morgan fingerprint density at radius 1 is 1.19 bits per heavy atom. The van der Waals surface area contributed by atoms with E-state index in [4.69, 9.17) is 10.00 Å². The number of hydrogen-bond donors (Lipinski definition) is 2. The number of fused-ring (bicyclic) bond motifs is 1. The number of hydrogen-bond acceptors (Lipinski definition) is 5. The van der Waals surface area contributed by atoms with Gasteiger partial charge in [-0.2, -0.15) is 5.26 Å². The molecule has 27 heavy (non-hydrogen) atoms. The number of aromatic nitrogens is 1. The van der Waals surface area contributed by atoms with E-state index in [0.717, 1.165) is 27.7 Å². The van der Waals surface area contributed by atoms with Gasteiger partial charge in [-0.1, -0.05) is 24.3 Å². The van der Waals surface area contributed by atoms with Crippen LogP contribution >= 0.6 is 0 Å². The number of nitrogens with zero attached hydrogens (tertiary/aromatic N) is 2. The Labute approximate surface area is 157 Å². The van der Waals surface area contributed by atoms with Crippen LogP contribution in [0.2, 0.25) is 0 Å². The number of methoxy groups -OCH3 is 1. The molecular weight excluding hydrogens is 340 g/mol. The van der Waals surface area contributed by atoms with Crippen LogP contribution in [0.3, 0.4) is 0 Å². The molecule has 3 aromatic rings. The van der Waals surface area contributed by atoms with Crippen LogP contribution in [0.1, 0.15) is 12.5 Å². The second kappa shape index (κ2) is 8.19. The zero-order chi connectivity index (χ0) is 19.2. The van der Waals surface area contributed by atoms with Gasteiger partial charge < -0.3 is 15.4 Å². The number of benzene rings is 2. The van der Waals surface area contributed by atoms with Gasteiger partial charge in [0.05, 0.1) is 36.1 Å². The monoisotopic (exact) mass is 360 g/mol. The van der Waals surface area contributed by atoms with Gasteiger partial charge in [0.25, 0.3) is 0 Å². The highest BCUT2D eigenvalue weighted by Gasteiger charge is 2.13. The van der Waals surface area contributed by atoms with Crippen LogP contribution in [-0.2, 0) is 4.79 Å². The lowest BCUT2D eigenvalue weighted by Crippen LogP contribution is -2.26. The molecule has 0 aliphatic carbocycles. The largest absolute Gasteiger partial charge is 0.494 e. The van der Waals surface area contributed by atoms with Crippen LogP contribution in [0.15, 0.2) is 48.7 Å². The maximum Gasteiger partial charge on any atom is 0.216 e. The van der Waals surface area contributed by atoms with E-state index in [9.17, 15) is 4.79 Å². The molecule has 0 aliphatic rings. The Balaban J connectivity index is 1.97. The number of ether oxygens (including phenoxy) is 1. The molecule has 0 unspecified atom stereocenters. The Kier molecular flexibility index (Phi) is 5.53. The second-order valence-electron chi connectivity index (χ2n) is 6.01. The maximum atomic E-state index is 11.0. The minimum Gasteiger partial charge on any atom is -0.494 e. The highest BCUT2D eigenvalue weighted by Crippen LogP contribution is 2.36. The fourth-order valence-electron chi connectivity index (χ4n) is 2.94. The summed E-state index contributed by atoms with van der Waals surface area (Å²) in [5.41, 5.74) is 4.18. The normalized spacial score (nSPS) is 10.3. The minimum atomic E-state index is -0.0625. The van der Waals surface area contributed by atoms with Gasteiger partial charge in [0.15, 0.2) is 5.75 Å². The number of carbonyl (C=O) groups excluding carboxylic acids is 1. The average molecular weight is 360 g/mol. The van der Waals surface area contributed by atoms with E-state index in [2.05, 4.69) is 21.7 Å². The quantitative estimate of drug-likeness (QED) is 0.659. The summed E-state index contributed by atoms with van der Waals surface area (Å²) in [6.07, 6.45) is 1.74. The van der Waals surface area contributed by atoms with Gasteiger partial charge in [0, 0.05) is 31.0 Å². The molecule has 1 amide bonds. The smallest absolute Gasteiger partial charge is 0.216 e. The molecule has 2 N–H and O–H groups in total. The fourth-order valence-corrected chi connectivity index (χ4v) is 2.94.